The highest BCUT2D eigenvalue weighted by Gasteiger charge is 2.29. The average molecular weight is 291 g/mol. The first-order valence-corrected chi connectivity index (χ1v) is 7.93. The molecule has 0 saturated carbocycles. The number of hydrogen-bond acceptors (Lipinski definition) is 5. The molecule has 0 amide bonds. The number of hydrogen-bond donors (Lipinski definition) is 2. The van der Waals surface area contributed by atoms with Crippen LogP contribution in [0.2, 0.25) is 0 Å². The molecule has 116 valence electrons. The lowest BCUT2D eigenvalue weighted by atomic mass is 9.94. The molecule has 3 rings (SSSR count). The van der Waals surface area contributed by atoms with Gasteiger partial charge in [-0.2, -0.15) is 0 Å². The van der Waals surface area contributed by atoms with E-state index in [1.807, 2.05) is 0 Å². The molecule has 0 radical (unpaired) electrons. The van der Waals surface area contributed by atoms with Crippen LogP contribution in [-0.2, 0) is 24.1 Å². The molecule has 2 heterocycles. The summed E-state index contributed by atoms with van der Waals surface area (Å²) in [6.07, 6.45) is 4.52. The molecule has 5 heteroatoms. The fourth-order valence-corrected chi connectivity index (χ4v) is 3.29. The SMILES string of the molecule is CC1COC(CO)CN1c1nc2c(cc1CN)CCCC2. The molecule has 1 aromatic heterocycles. The molecule has 0 spiro atoms. The summed E-state index contributed by atoms with van der Waals surface area (Å²) in [5, 5.41) is 9.36. The Labute approximate surface area is 126 Å². The Morgan fingerprint density at radius 3 is 3.00 bits per heavy atom. The molecular weight excluding hydrogens is 266 g/mol. The van der Waals surface area contributed by atoms with E-state index in [2.05, 4.69) is 17.9 Å². The lowest BCUT2D eigenvalue weighted by molar-refractivity contribution is -0.0106. The van der Waals surface area contributed by atoms with Gasteiger partial charge in [0.2, 0.25) is 0 Å². The summed E-state index contributed by atoms with van der Waals surface area (Å²) >= 11 is 0. The fourth-order valence-electron chi connectivity index (χ4n) is 3.29. The summed E-state index contributed by atoms with van der Waals surface area (Å²) in [6, 6.07) is 2.50. The predicted octanol–water partition coefficient (Wildman–Crippen LogP) is 1.01. The minimum absolute atomic E-state index is 0.0477. The largest absolute Gasteiger partial charge is 0.394 e. The van der Waals surface area contributed by atoms with Crippen molar-refractivity contribution in [2.45, 2.75) is 51.3 Å². The fraction of sp³-hybridized carbons (Fsp3) is 0.688. The number of morpholine rings is 1. The lowest BCUT2D eigenvalue weighted by Gasteiger charge is -2.39. The number of pyridine rings is 1. The zero-order chi connectivity index (χ0) is 14.8. The zero-order valence-corrected chi connectivity index (χ0v) is 12.7. The Morgan fingerprint density at radius 1 is 1.43 bits per heavy atom. The van der Waals surface area contributed by atoms with Crippen LogP contribution in [0, 0.1) is 0 Å². The molecule has 0 aromatic carbocycles. The van der Waals surface area contributed by atoms with Gasteiger partial charge in [0.05, 0.1) is 25.4 Å². The van der Waals surface area contributed by atoms with E-state index in [1.165, 1.54) is 24.1 Å². The quantitative estimate of drug-likeness (QED) is 0.869. The summed E-state index contributed by atoms with van der Waals surface area (Å²) in [5.41, 5.74) is 9.66. The van der Waals surface area contributed by atoms with Crippen molar-refractivity contribution in [1.82, 2.24) is 4.98 Å². The van der Waals surface area contributed by atoms with Gasteiger partial charge in [0.25, 0.3) is 0 Å². The number of nitrogens with zero attached hydrogens (tertiary/aromatic N) is 2. The minimum Gasteiger partial charge on any atom is -0.394 e. The maximum Gasteiger partial charge on any atom is 0.133 e. The standard InChI is InChI=1S/C16H25N3O2/c1-11-10-21-14(9-20)8-19(11)16-13(7-17)6-12-4-2-3-5-15(12)18-16/h6,11,14,20H,2-5,7-10,17H2,1H3. The van der Waals surface area contributed by atoms with Crippen molar-refractivity contribution in [2.24, 2.45) is 5.73 Å². The van der Waals surface area contributed by atoms with Crippen LogP contribution in [-0.4, -0.2) is 42.0 Å². The highest BCUT2D eigenvalue weighted by Crippen LogP contribution is 2.29. The topological polar surface area (TPSA) is 71.6 Å². The first-order valence-electron chi connectivity index (χ1n) is 7.93. The zero-order valence-electron chi connectivity index (χ0n) is 12.7. The molecule has 3 N–H and O–H groups in total. The maximum absolute atomic E-state index is 9.36. The van der Waals surface area contributed by atoms with Crippen LogP contribution in [0.4, 0.5) is 5.82 Å². The van der Waals surface area contributed by atoms with Gasteiger partial charge in [-0.3, -0.25) is 0 Å². The van der Waals surface area contributed by atoms with Crippen molar-refractivity contribution in [3.05, 3.63) is 22.9 Å². The first kappa shape index (κ1) is 14.8. The van der Waals surface area contributed by atoms with Crippen molar-refractivity contribution in [2.75, 3.05) is 24.7 Å². The number of ether oxygens (including phenoxy) is 1. The monoisotopic (exact) mass is 291 g/mol. The van der Waals surface area contributed by atoms with Crippen molar-refractivity contribution in [3.63, 3.8) is 0 Å². The third-order valence-electron chi connectivity index (χ3n) is 4.56. The number of nitrogens with two attached hydrogens (primary N) is 1. The lowest BCUT2D eigenvalue weighted by Crippen LogP contribution is -2.50. The van der Waals surface area contributed by atoms with Crippen molar-refractivity contribution >= 4 is 5.82 Å². The molecule has 5 nitrogen and oxygen atoms in total. The Hall–Kier alpha value is -1.17. The number of anilines is 1. The van der Waals surface area contributed by atoms with Crippen LogP contribution in [0.5, 0.6) is 0 Å². The Balaban J connectivity index is 1.95. The number of aliphatic hydroxyl groups excluding tert-OH is 1. The van der Waals surface area contributed by atoms with Crippen LogP contribution in [0.1, 0.15) is 36.6 Å². The minimum atomic E-state index is -0.135. The highest BCUT2D eigenvalue weighted by atomic mass is 16.5. The van der Waals surface area contributed by atoms with E-state index in [0.29, 0.717) is 19.7 Å². The van der Waals surface area contributed by atoms with E-state index in [-0.39, 0.29) is 18.8 Å². The van der Waals surface area contributed by atoms with Gasteiger partial charge < -0.3 is 20.5 Å². The Bertz CT molecular complexity index is 507. The van der Waals surface area contributed by atoms with E-state index in [4.69, 9.17) is 15.5 Å². The molecule has 1 fully saturated rings. The van der Waals surface area contributed by atoms with Crippen LogP contribution >= 0.6 is 0 Å². The molecule has 2 atom stereocenters. The Kier molecular flexibility index (Phi) is 4.42. The van der Waals surface area contributed by atoms with Gasteiger partial charge in [-0.25, -0.2) is 4.98 Å². The number of aliphatic hydroxyl groups is 1. The summed E-state index contributed by atoms with van der Waals surface area (Å²) in [4.78, 5) is 7.19. The van der Waals surface area contributed by atoms with Gasteiger partial charge in [0.1, 0.15) is 5.82 Å². The van der Waals surface area contributed by atoms with Gasteiger partial charge >= 0.3 is 0 Å². The maximum atomic E-state index is 9.36. The number of aromatic nitrogens is 1. The molecule has 1 aliphatic carbocycles. The van der Waals surface area contributed by atoms with E-state index in [9.17, 15) is 5.11 Å². The van der Waals surface area contributed by atoms with E-state index >= 15 is 0 Å². The predicted molar refractivity (Wildman–Crippen MR) is 82.4 cm³/mol. The number of fused-ring (bicyclic) bond motifs is 1. The second kappa shape index (κ2) is 6.30. The van der Waals surface area contributed by atoms with Crippen molar-refractivity contribution in [3.8, 4) is 0 Å². The number of rotatable bonds is 3. The van der Waals surface area contributed by atoms with E-state index in [0.717, 1.165) is 24.2 Å². The molecular formula is C16H25N3O2. The molecule has 1 saturated heterocycles. The highest BCUT2D eigenvalue weighted by molar-refractivity contribution is 5.51. The molecule has 1 aliphatic heterocycles. The third kappa shape index (κ3) is 2.91. The second-order valence-corrected chi connectivity index (χ2v) is 6.13. The third-order valence-corrected chi connectivity index (χ3v) is 4.56. The normalized spacial score (nSPS) is 25.8. The second-order valence-electron chi connectivity index (χ2n) is 6.13. The van der Waals surface area contributed by atoms with Crippen molar-refractivity contribution < 1.29 is 9.84 Å². The molecule has 0 bridgehead atoms. The van der Waals surface area contributed by atoms with E-state index in [1.54, 1.807) is 0 Å². The average Bonchev–Trinajstić information content (AvgIpc) is 2.54. The number of aryl methyl sites for hydroxylation is 2. The van der Waals surface area contributed by atoms with Crippen LogP contribution in [0.25, 0.3) is 0 Å². The molecule has 2 aliphatic rings. The smallest absolute Gasteiger partial charge is 0.133 e. The van der Waals surface area contributed by atoms with Crippen LogP contribution in [0.3, 0.4) is 0 Å². The summed E-state index contributed by atoms with van der Waals surface area (Å²) in [7, 11) is 0. The van der Waals surface area contributed by atoms with Gasteiger partial charge in [-0.05, 0) is 44.2 Å². The molecule has 1 aromatic rings. The summed E-state index contributed by atoms with van der Waals surface area (Å²) in [6.45, 7) is 3.98. The van der Waals surface area contributed by atoms with Gasteiger partial charge in [0.15, 0.2) is 0 Å². The van der Waals surface area contributed by atoms with Gasteiger partial charge in [-0.15, -0.1) is 0 Å². The van der Waals surface area contributed by atoms with Crippen LogP contribution < -0.4 is 10.6 Å². The molecule has 2 unspecified atom stereocenters. The summed E-state index contributed by atoms with van der Waals surface area (Å²) < 4.78 is 5.63. The first-order chi connectivity index (χ1) is 10.2. The Morgan fingerprint density at radius 2 is 2.24 bits per heavy atom. The van der Waals surface area contributed by atoms with Crippen molar-refractivity contribution in [1.29, 1.82) is 0 Å². The van der Waals surface area contributed by atoms with Gasteiger partial charge in [-0.1, -0.05) is 0 Å². The summed E-state index contributed by atoms with van der Waals surface area (Å²) in [5.74, 6) is 0.993. The van der Waals surface area contributed by atoms with E-state index < -0.39 is 0 Å². The van der Waals surface area contributed by atoms with Gasteiger partial charge in [0, 0.05) is 24.3 Å². The molecule has 21 heavy (non-hydrogen) atoms. The van der Waals surface area contributed by atoms with Crippen LogP contribution in [0.15, 0.2) is 6.07 Å².